The molecule has 0 radical (unpaired) electrons. The van der Waals surface area contributed by atoms with Crippen LogP contribution in [0.4, 0.5) is 0 Å². The lowest BCUT2D eigenvalue weighted by Gasteiger charge is -2.16. The molecule has 3 heteroatoms. The van der Waals surface area contributed by atoms with Crippen molar-refractivity contribution in [3.63, 3.8) is 0 Å². The van der Waals surface area contributed by atoms with Gasteiger partial charge < -0.3 is 14.8 Å². The van der Waals surface area contributed by atoms with E-state index < -0.39 is 0 Å². The Labute approximate surface area is 114 Å². The van der Waals surface area contributed by atoms with E-state index in [4.69, 9.17) is 4.42 Å². The Balaban J connectivity index is 1.98. The summed E-state index contributed by atoms with van der Waals surface area (Å²) in [5.74, 6) is 1.80. The van der Waals surface area contributed by atoms with Gasteiger partial charge in [0.25, 0.3) is 0 Å². The molecule has 0 aliphatic carbocycles. The van der Waals surface area contributed by atoms with Gasteiger partial charge in [-0.2, -0.15) is 0 Å². The predicted octanol–water partition coefficient (Wildman–Crippen LogP) is 2.97. The first-order valence-corrected chi connectivity index (χ1v) is 6.71. The van der Waals surface area contributed by atoms with Crippen LogP contribution in [0, 0.1) is 6.92 Å². The minimum atomic E-state index is -0.0590. The molecule has 0 aliphatic rings. The van der Waals surface area contributed by atoms with Gasteiger partial charge in [0, 0.05) is 0 Å². The summed E-state index contributed by atoms with van der Waals surface area (Å²) in [4.78, 5) is 0. The number of aliphatic hydroxyl groups is 1. The van der Waals surface area contributed by atoms with E-state index in [9.17, 15) is 5.11 Å². The van der Waals surface area contributed by atoms with Crippen molar-refractivity contribution in [2.45, 2.75) is 32.9 Å². The van der Waals surface area contributed by atoms with Crippen LogP contribution in [0.5, 0.6) is 0 Å². The summed E-state index contributed by atoms with van der Waals surface area (Å²) >= 11 is 0. The molecule has 2 rings (SSSR count). The molecule has 0 fully saturated rings. The number of nitrogens with one attached hydrogen (secondary N) is 1. The van der Waals surface area contributed by atoms with Gasteiger partial charge in [0.1, 0.15) is 11.5 Å². The van der Waals surface area contributed by atoms with Gasteiger partial charge in [-0.25, -0.2) is 0 Å². The van der Waals surface area contributed by atoms with E-state index in [-0.39, 0.29) is 12.6 Å². The molecule has 0 amide bonds. The smallest absolute Gasteiger partial charge is 0.117 e. The molecule has 1 atom stereocenters. The SMILES string of the molecule is CCc1ccc(C(CO)NCc2ccc(C)o2)cc1. The molecule has 0 bridgehead atoms. The number of hydrogen-bond acceptors (Lipinski definition) is 3. The van der Waals surface area contributed by atoms with E-state index in [2.05, 4.69) is 36.5 Å². The molecular formula is C16H21NO2. The van der Waals surface area contributed by atoms with Crippen LogP contribution in [-0.2, 0) is 13.0 Å². The summed E-state index contributed by atoms with van der Waals surface area (Å²) in [5.41, 5.74) is 2.41. The number of aliphatic hydroxyl groups excluding tert-OH is 1. The Morgan fingerprint density at radius 1 is 1.16 bits per heavy atom. The van der Waals surface area contributed by atoms with Crippen molar-refractivity contribution in [2.75, 3.05) is 6.61 Å². The van der Waals surface area contributed by atoms with Crippen LogP contribution >= 0.6 is 0 Å². The van der Waals surface area contributed by atoms with Crippen molar-refractivity contribution in [2.24, 2.45) is 0 Å². The van der Waals surface area contributed by atoms with Crippen molar-refractivity contribution >= 4 is 0 Å². The van der Waals surface area contributed by atoms with Crippen molar-refractivity contribution in [1.82, 2.24) is 5.32 Å². The molecule has 1 aromatic carbocycles. The Hall–Kier alpha value is -1.58. The van der Waals surface area contributed by atoms with Crippen LogP contribution in [0.15, 0.2) is 40.8 Å². The molecule has 102 valence electrons. The van der Waals surface area contributed by atoms with Crippen LogP contribution in [0.2, 0.25) is 0 Å². The zero-order valence-corrected chi connectivity index (χ0v) is 11.5. The van der Waals surface area contributed by atoms with Crippen LogP contribution in [0.1, 0.15) is 35.6 Å². The van der Waals surface area contributed by atoms with Gasteiger partial charge in [-0.05, 0) is 36.6 Å². The maximum Gasteiger partial charge on any atom is 0.117 e. The van der Waals surface area contributed by atoms with Crippen molar-refractivity contribution in [1.29, 1.82) is 0 Å². The standard InChI is InChI=1S/C16H21NO2/c1-3-13-5-7-14(8-6-13)16(11-18)17-10-15-9-4-12(2)19-15/h4-9,16-18H,3,10-11H2,1-2H3. The summed E-state index contributed by atoms with van der Waals surface area (Å²) in [5, 5.41) is 12.8. The summed E-state index contributed by atoms with van der Waals surface area (Å²) in [7, 11) is 0. The van der Waals surface area contributed by atoms with E-state index in [1.165, 1.54) is 5.56 Å². The summed E-state index contributed by atoms with van der Waals surface area (Å²) in [6, 6.07) is 12.2. The maximum atomic E-state index is 9.50. The Kier molecular flexibility index (Phi) is 4.77. The zero-order chi connectivity index (χ0) is 13.7. The van der Waals surface area contributed by atoms with Crippen LogP contribution in [0.25, 0.3) is 0 Å². The fourth-order valence-corrected chi connectivity index (χ4v) is 2.08. The molecule has 0 spiro atoms. The number of furan rings is 1. The van der Waals surface area contributed by atoms with Gasteiger partial charge in [-0.3, -0.25) is 0 Å². The Bertz CT molecular complexity index is 502. The van der Waals surface area contributed by atoms with Gasteiger partial charge in [-0.15, -0.1) is 0 Å². The molecule has 19 heavy (non-hydrogen) atoms. The van der Waals surface area contributed by atoms with Gasteiger partial charge in [0.15, 0.2) is 0 Å². The van der Waals surface area contributed by atoms with Crippen LogP contribution in [0.3, 0.4) is 0 Å². The monoisotopic (exact) mass is 259 g/mol. The average Bonchev–Trinajstić information content (AvgIpc) is 2.86. The molecule has 1 unspecified atom stereocenters. The second-order valence-corrected chi connectivity index (χ2v) is 4.72. The highest BCUT2D eigenvalue weighted by atomic mass is 16.3. The van der Waals surface area contributed by atoms with E-state index >= 15 is 0 Å². The van der Waals surface area contributed by atoms with Crippen LogP contribution in [-0.4, -0.2) is 11.7 Å². The number of benzene rings is 1. The fraction of sp³-hybridized carbons (Fsp3) is 0.375. The third kappa shape index (κ3) is 3.69. The molecule has 2 N–H and O–H groups in total. The fourth-order valence-electron chi connectivity index (χ4n) is 2.08. The number of rotatable bonds is 6. The highest BCUT2D eigenvalue weighted by Crippen LogP contribution is 2.15. The second kappa shape index (κ2) is 6.55. The van der Waals surface area contributed by atoms with E-state index in [1.54, 1.807) is 0 Å². The third-order valence-corrected chi connectivity index (χ3v) is 3.29. The Morgan fingerprint density at radius 2 is 1.89 bits per heavy atom. The lowest BCUT2D eigenvalue weighted by atomic mass is 10.0. The van der Waals surface area contributed by atoms with Crippen molar-refractivity contribution in [3.05, 3.63) is 59.0 Å². The summed E-state index contributed by atoms with van der Waals surface area (Å²) < 4.78 is 5.51. The van der Waals surface area contributed by atoms with Gasteiger partial charge in [0.05, 0.1) is 19.2 Å². The topological polar surface area (TPSA) is 45.4 Å². The molecular weight excluding hydrogens is 238 g/mol. The first-order chi connectivity index (χ1) is 9.22. The van der Waals surface area contributed by atoms with Crippen molar-refractivity contribution < 1.29 is 9.52 Å². The highest BCUT2D eigenvalue weighted by molar-refractivity contribution is 5.25. The van der Waals surface area contributed by atoms with Gasteiger partial charge >= 0.3 is 0 Å². The van der Waals surface area contributed by atoms with E-state index in [1.807, 2.05) is 19.1 Å². The van der Waals surface area contributed by atoms with E-state index in [0.717, 1.165) is 23.5 Å². The van der Waals surface area contributed by atoms with Gasteiger partial charge in [0.2, 0.25) is 0 Å². The Morgan fingerprint density at radius 3 is 2.42 bits per heavy atom. The normalized spacial score (nSPS) is 12.6. The molecule has 1 heterocycles. The zero-order valence-electron chi connectivity index (χ0n) is 11.5. The summed E-state index contributed by atoms with van der Waals surface area (Å²) in [6.07, 6.45) is 1.03. The highest BCUT2D eigenvalue weighted by Gasteiger charge is 2.10. The number of aryl methyl sites for hydroxylation is 2. The summed E-state index contributed by atoms with van der Waals surface area (Å²) in [6.45, 7) is 4.76. The number of hydrogen-bond donors (Lipinski definition) is 2. The predicted molar refractivity (Wildman–Crippen MR) is 75.9 cm³/mol. The second-order valence-electron chi connectivity index (χ2n) is 4.72. The maximum absolute atomic E-state index is 9.50. The lowest BCUT2D eigenvalue weighted by Crippen LogP contribution is -2.23. The van der Waals surface area contributed by atoms with Crippen molar-refractivity contribution in [3.8, 4) is 0 Å². The quantitative estimate of drug-likeness (QED) is 0.838. The first kappa shape index (κ1) is 13.8. The minimum absolute atomic E-state index is 0.0590. The molecule has 0 saturated heterocycles. The third-order valence-electron chi connectivity index (χ3n) is 3.29. The molecule has 3 nitrogen and oxygen atoms in total. The lowest BCUT2D eigenvalue weighted by molar-refractivity contribution is 0.240. The van der Waals surface area contributed by atoms with E-state index in [0.29, 0.717) is 6.54 Å². The molecule has 0 aliphatic heterocycles. The molecule has 2 aromatic rings. The average molecular weight is 259 g/mol. The van der Waals surface area contributed by atoms with Crippen LogP contribution < -0.4 is 5.32 Å². The van der Waals surface area contributed by atoms with Gasteiger partial charge in [-0.1, -0.05) is 31.2 Å². The minimum Gasteiger partial charge on any atom is -0.465 e. The molecule has 0 saturated carbocycles. The first-order valence-electron chi connectivity index (χ1n) is 6.71. The largest absolute Gasteiger partial charge is 0.465 e. The molecule has 1 aromatic heterocycles.